The Morgan fingerprint density at radius 3 is 2.26 bits per heavy atom. The van der Waals surface area contributed by atoms with Gasteiger partial charge in [-0.25, -0.2) is 0 Å². The Labute approximate surface area is 207 Å². The standard InChI is InChI=1S/C22H30N6O2.4H3N.4H2/c1-30-18-13-7-6-12-17(18)20(29)26-27-21-23-19(16-10-4-2-5-11-16)24-22(25-21)28-14-8-3-9-15-28;;;;;;;;/h6-7,12-13,16H,2-5,8-11,14-15H2,1H3,(H,26,29)(H,23,24,25,27);4*1H3;4*1H. The summed E-state index contributed by atoms with van der Waals surface area (Å²) in [7, 11) is 1.55. The van der Waals surface area contributed by atoms with E-state index in [-0.39, 0.29) is 36.2 Å². The maximum Gasteiger partial charge on any atom is 0.273 e. The summed E-state index contributed by atoms with van der Waals surface area (Å²) in [6, 6.07) is 7.11. The Balaban J connectivity index is -0.000000454. The summed E-state index contributed by atoms with van der Waals surface area (Å²) >= 11 is 0. The number of piperidine rings is 1. The molecule has 4 rings (SSSR count). The van der Waals surface area contributed by atoms with E-state index in [1.165, 1.54) is 25.7 Å². The van der Waals surface area contributed by atoms with Crippen molar-refractivity contribution in [2.24, 2.45) is 0 Å². The van der Waals surface area contributed by atoms with Gasteiger partial charge < -0.3 is 34.2 Å². The number of hydrogen-bond donors (Lipinski definition) is 6. The number of rotatable bonds is 6. The van der Waals surface area contributed by atoms with E-state index in [0.29, 0.717) is 29.1 Å². The molecule has 1 saturated carbocycles. The summed E-state index contributed by atoms with van der Waals surface area (Å²) in [6.45, 7) is 1.92. The molecule has 34 heavy (non-hydrogen) atoms. The minimum absolute atomic E-state index is 0. The Kier molecular flexibility index (Phi) is 13.6. The van der Waals surface area contributed by atoms with Gasteiger partial charge in [0, 0.05) is 24.7 Å². The second kappa shape index (κ2) is 15.0. The smallest absolute Gasteiger partial charge is 0.273 e. The zero-order valence-electron chi connectivity index (χ0n) is 20.4. The molecule has 2 fully saturated rings. The molecule has 12 nitrogen and oxygen atoms in total. The quantitative estimate of drug-likeness (QED) is 0.286. The highest BCUT2D eigenvalue weighted by atomic mass is 16.5. The van der Waals surface area contributed by atoms with Crippen LogP contribution in [0.2, 0.25) is 0 Å². The molecular weight excluding hydrogens is 436 g/mol. The first-order chi connectivity index (χ1) is 14.7. The van der Waals surface area contributed by atoms with Crippen LogP contribution in [0.1, 0.15) is 79.2 Å². The van der Waals surface area contributed by atoms with Gasteiger partial charge in [-0.3, -0.25) is 15.6 Å². The van der Waals surface area contributed by atoms with Gasteiger partial charge >= 0.3 is 0 Å². The summed E-state index contributed by atoms with van der Waals surface area (Å²) in [5.41, 5.74) is 6.07. The van der Waals surface area contributed by atoms with E-state index in [0.717, 1.165) is 44.6 Å². The number of hydrogen-bond acceptors (Lipinski definition) is 11. The van der Waals surface area contributed by atoms with E-state index in [9.17, 15) is 4.79 Å². The number of anilines is 2. The molecule has 0 unspecified atom stereocenters. The minimum Gasteiger partial charge on any atom is -0.496 e. The van der Waals surface area contributed by atoms with Crippen LogP contribution in [0.4, 0.5) is 11.9 Å². The maximum atomic E-state index is 12.6. The lowest BCUT2D eigenvalue weighted by Crippen LogP contribution is -2.34. The number of hydrazine groups is 1. The number of carbonyl (C=O) groups excluding carboxylic acids is 1. The van der Waals surface area contributed by atoms with Crippen molar-refractivity contribution in [1.29, 1.82) is 0 Å². The van der Waals surface area contributed by atoms with Crippen LogP contribution in [-0.2, 0) is 0 Å². The van der Waals surface area contributed by atoms with Gasteiger partial charge in [0.2, 0.25) is 11.9 Å². The third-order valence-corrected chi connectivity index (χ3v) is 5.89. The van der Waals surface area contributed by atoms with Crippen LogP contribution in [0.15, 0.2) is 24.3 Å². The highest BCUT2D eigenvalue weighted by molar-refractivity contribution is 5.97. The van der Waals surface area contributed by atoms with Crippen LogP contribution in [0, 0.1) is 0 Å². The molecule has 200 valence electrons. The summed E-state index contributed by atoms with van der Waals surface area (Å²) < 4.78 is 5.28. The molecule has 2 aliphatic rings. The van der Waals surface area contributed by atoms with Crippen LogP contribution >= 0.6 is 0 Å². The number of methoxy groups -OCH3 is 1. The van der Waals surface area contributed by atoms with Gasteiger partial charge in [0.05, 0.1) is 12.7 Å². The van der Waals surface area contributed by atoms with Crippen molar-refractivity contribution in [2.45, 2.75) is 57.3 Å². The third-order valence-electron chi connectivity index (χ3n) is 5.89. The minimum atomic E-state index is -0.299. The Hall–Kier alpha value is -3.06. The fourth-order valence-electron chi connectivity index (χ4n) is 4.23. The fraction of sp³-hybridized carbons (Fsp3) is 0.545. The molecule has 1 aromatic carbocycles. The molecule has 1 aromatic heterocycles. The van der Waals surface area contributed by atoms with E-state index in [1.54, 1.807) is 25.3 Å². The number of amides is 1. The van der Waals surface area contributed by atoms with Gasteiger partial charge in [0.25, 0.3) is 5.91 Å². The molecule has 0 radical (unpaired) electrons. The number of ether oxygens (including phenoxy) is 1. The molecule has 12 heteroatoms. The van der Waals surface area contributed by atoms with Crippen molar-refractivity contribution in [2.75, 3.05) is 30.5 Å². The number of para-hydroxylation sites is 1. The number of nitrogens with zero attached hydrogens (tertiary/aromatic N) is 4. The lowest BCUT2D eigenvalue weighted by molar-refractivity contribution is 0.0959. The van der Waals surface area contributed by atoms with Gasteiger partial charge in [0.1, 0.15) is 11.6 Å². The summed E-state index contributed by atoms with van der Waals surface area (Å²) in [4.78, 5) is 28.9. The van der Waals surface area contributed by atoms with Gasteiger partial charge in [-0.05, 0) is 44.2 Å². The molecule has 0 bridgehead atoms. The average molecular weight is 487 g/mol. The summed E-state index contributed by atoms with van der Waals surface area (Å²) in [5.74, 6) is 2.50. The van der Waals surface area contributed by atoms with E-state index < -0.39 is 0 Å². The fourth-order valence-corrected chi connectivity index (χ4v) is 4.23. The molecule has 2 heterocycles. The first kappa shape index (κ1) is 30.9. The van der Waals surface area contributed by atoms with E-state index in [1.807, 2.05) is 6.07 Å². The Morgan fingerprint density at radius 1 is 0.941 bits per heavy atom. The van der Waals surface area contributed by atoms with Crippen molar-refractivity contribution in [3.63, 3.8) is 0 Å². The molecule has 1 amide bonds. The Morgan fingerprint density at radius 2 is 1.59 bits per heavy atom. The third kappa shape index (κ3) is 7.48. The zero-order chi connectivity index (χ0) is 20.8. The first-order valence-corrected chi connectivity index (χ1v) is 10.9. The van der Waals surface area contributed by atoms with Crippen molar-refractivity contribution in [1.82, 2.24) is 45.0 Å². The number of aromatic nitrogens is 3. The largest absolute Gasteiger partial charge is 0.496 e. The van der Waals surface area contributed by atoms with Crippen molar-refractivity contribution in [3.05, 3.63) is 35.7 Å². The molecule has 1 saturated heterocycles. The molecule has 0 atom stereocenters. The lowest BCUT2D eigenvalue weighted by atomic mass is 9.89. The van der Waals surface area contributed by atoms with Crippen molar-refractivity contribution < 1.29 is 15.2 Å². The van der Waals surface area contributed by atoms with Crippen LogP contribution < -0.4 is 45.1 Å². The van der Waals surface area contributed by atoms with Gasteiger partial charge in [-0.2, -0.15) is 15.0 Å². The second-order valence-electron chi connectivity index (χ2n) is 7.98. The molecule has 0 spiro atoms. The molecule has 1 aliphatic carbocycles. The molecule has 14 N–H and O–H groups in total. The second-order valence-corrected chi connectivity index (χ2v) is 7.98. The summed E-state index contributed by atoms with van der Waals surface area (Å²) in [5, 5.41) is 0. The normalized spacial score (nSPS) is 15.4. The Bertz CT molecular complexity index is 853. The average Bonchev–Trinajstić information content (AvgIpc) is 2.83. The van der Waals surface area contributed by atoms with Crippen molar-refractivity contribution in [3.8, 4) is 5.75 Å². The monoisotopic (exact) mass is 486 g/mol. The van der Waals surface area contributed by atoms with E-state index in [4.69, 9.17) is 9.72 Å². The number of nitrogens with one attached hydrogen (secondary N) is 2. The predicted octanol–water partition coefficient (Wildman–Crippen LogP) is 5.31. The molecular formula is C22H50N10O2. The highest BCUT2D eigenvalue weighted by Gasteiger charge is 2.23. The first-order valence-electron chi connectivity index (χ1n) is 10.9. The lowest BCUT2D eigenvalue weighted by Gasteiger charge is -2.28. The predicted molar refractivity (Wildman–Crippen MR) is 144 cm³/mol. The van der Waals surface area contributed by atoms with Gasteiger partial charge in [-0.15, -0.1) is 0 Å². The molecule has 2 aromatic rings. The highest BCUT2D eigenvalue weighted by Crippen LogP contribution is 2.32. The van der Waals surface area contributed by atoms with Crippen LogP contribution in [0.3, 0.4) is 0 Å². The summed E-state index contributed by atoms with van der Waals surface area (Å²) in [6.07, 6.45) is 9.46. The van der Waals surface area contributed by atoms with Crippen LogP contribution in [-0.4, -0.2) is 41.1 Å². The zero-order valence-corrected chi connectivity index (χ0v) is 20.4. The van der Waals surface area contributed by atoms with Crippen molar-refractivity contribution >= 4 is 17.8 Å². The SMILES string of the molecule is COc1ccccc1C(=O)NNc1nc(C2CCCCC2)nc(N2CCCCC2)n1.N.N.N.N.[HH].[HH].[HH].[HH]. The number of carbonyl (C=O) groups is 1. The van der Waals surface area contributed by atoms with E-state index in [2.05, 4.69) is 25.7 Å². The van der Waals surface area contributed by atoms with Gasteiger partial charge in [-0.1, -0.05) is 31.4 Å². The topological polar surface area (TPSA) is 232 Å². The maximum absolute atomic E-state index is 12.6. The van der Waals surface area contributed by atoms with Crippen LogP contribution in [0.5, 0.6) is 5.75 Å². The van der Waals surface area contributed by atoms with Gasteiger partial charge in [0.15, 0.2) is 0 Å². The van der Waals surface area contributed by atoms with E-state index >= 15 is 0 Å². The molecule has 1 aliphatic heterocycles. The van der Waals surface area contributed by atoms with Crippen LogP contribution in [0.25, 0.3) is 0 Å². The number of benzene rings is 1.